The quantitative estimate of drug-likeness (QED) is 0.536. The van der Waals surface area contributed by atoms with Crippen LogP contribution in [0.1, 0.15) is 25.0 Å². The maximum Gasteiger partial charge on any atom is 0.317 e. The molecule has 31 heavy (non-hydrogen) atoms. The van der Waals surface area contributed by atoms with Crippen molar-refractivity contribution >= 4 is 18.4 Å². The lowest BCUT2D eigenvalue weighted by molar-refractivity contribution is -0.136. The summed E-state index contributed by atoms with van der Waals surface area (Å²) in [6, 6.07) is 11.4. The molecular weight excluding hydrogens is 427 g/mol. The van der Waals surface area contributed by atoms with E-state index in [4.69, 9.17) is 14.4 Å². The van der Waals surface area contributed by atoms with Crippen molar-refractivity contribution in [3.05, 3.63) is 53.3 Å². The van der Waals surface area contributed by atoms with Crippen molar-refractivity contribution < 1.29 is 23.6 Å². The van der Waals surface area contributed by atoms with Gasteiger partial charge in [-0.15, -0.1) is 12.4 Å². The third-order valence-electron chi connectivity index (χ3n) is 4.02. The Morgan fingerprint density at radius 1 is 1.32 bits per heavy atom. The number of rotatable bonds is 8. The molecule has 1 heterocycles. The molecule has 0 saturated carbocycles. The molecule has 8 nitrogen and oxygen atoms in total. The first-order chi connectivity index (χ1) is 14.4. The summed E-state index contributed by atoms with van der Waals surface area (Å²) in [6.45, 7) is 3.72. The summed E-state index contributed by atoms with van der Waals surface area (Å²) in [5.74, 6) is -0.892. The maximum absolute atomic E-state index is 14.5. The Bertz CT molecular complexity index is 1110. The molecule has 0 unspecified atom stereocenters. The lowest BCUT2D eigenvalue weighted by atomic mass is 10.1. The second kappa shape index (κ2) is 10.5. The van der Waals surface area contributed by atoms with Gasteiger partial charge >= 0.3 is 5.97 Å². The Labute approximate surface area is 184 Å². The van der Waals surface area contributed by atoms with Crippen molar-refractivity contribution in [3.8, 4) is 34.7 Å². The first kappa shape index (κ1) is 23.8. The fraction of sp³-hybridized carbons (Fsp3) is 0.238. The minimum Gasteiger partial charge on any atom is -0.490 e. The molecular formula is C21H20ClFN4O4. The van der Waals surface area contributed by atoms with Crippen LogP contribution < -0.4 is 10.1 Å². The number of carboxylic acid groups (broad SMARTS) is 1. The lowest BCUT2D eigenvalue weighted by Crippen LogP contribution is -2.21. The highest BCUT2D eigenvalue weighted by Crippen LogP contribution is 2.28. The number of ether oxygens (including phenoxy) is 1. The molecule has 0 atom stereocenters. The normalized spacial score (nSPS) is 10.4. The van der Waals surface area contributed by atoms with E-state index in [1.807, 2.05) is 13.8 Å². The third kappa shape index (κ3) is 6.01. The predicted octanol–water partition coefficient (Wildman–Crippen LogP) is 3.80. The summed E-state index contributed by atoms with van der Waals surface area (Å²) in [5.41, 5.74) is 1.56. The standard InChI is InChI=1S/C21H19FN4O4.ClH/c1-12(2)29-18-6-4-14(8-15(18)9-23)21-25-20(26-30-21)16-5-3-13(7-17(16)22)10-24-11-19(27)28;/h3-8,12,24H,10-11H2,1-2H3,(H,27,28);1H. The van der Waals surface area contributed by atoms with Gasteiger partial charge in [0.05, 0.1) is 23.8 Å². The molecule has 0 fully saturated rings. The molecule has 0 bridgehead atoms. The molecule has 3 rings (SSSR count). The van der Waals surface area contributed by atoms with E-state index in [0.29, 0.717) is 22.4 Å². The lowest BCUT2D eigenvalue weighted by Gasteiger charge is -2.11. The highest BCUT2D eigenvalue weighted by Gasteiger charge is 2.16. The molecule has 1 aromatic heterocycles. The van der Waals surface area contributed by atoms with Crippen LogP contribution in [0.2, 0.25) is 0 Å². The van der Waals surface area contributed by atoms with Gasteiger partial charge in [0.2, 0.25) is 5.82 Å². The number of hydrogen-bond donors (Lipinski definition) is 2. The van der Waals surface area contributed by atoms with Gasteiger partial charge in [0.15, 0.2) is 0 Å². The monoisotopic (exact) mass is 446 g/mol. The second-order valence-corrected chi connectivity index (χ2v) is 6.72. The van der Waals surface area contributed by atoms with Crippen molar-refractivity contribution in [2.75, 3.05) is 6.54 Å². The zero-order chi connectivity index (χ0) is 21.7. The van der Waals surface area contributed by atoms with Crippen molar-refractivity contribution in [1.82, 2.24) is 15.5 Å². The van der Waals surface area contributed by atoms with Crippen molar-refractivity contribution in [1.29, 1.82) is 5.26 Å². The molecule has 0 amide bonds. The van der Waals surface area contributed by atoms with Gasteiger partial charge in [-0.05, 0) is 49.7 Å². The number of halogens is 2. The number of carbonyl (C=O) groups is 1. The van der Waals surface area contributed by atoms with E-state index in [1.54, 1.807) is 24.3 Å². The van der Waals surface area contributed by atoms with E-state index in [2.05, 4.69) is 21.5 Å². The minimum atomic E-state index is -0.991. The topological polar surface area (TPSA) is 121 Å². The Morgan fingerprint density at radius 2 is 2.10 bits per heavy atom. The first-order valence-electron chi connectivity index (χ1n) is 9.13. The van der Waals surface area contributed by atoms with E-state index < -0.39 is 11.8 Å². The predicted molar refractivity (Wildman–Crippen MR) is 112 cm³/mol. The molecule has 162 valence electrons. The van der Waals surface area contributed by atoms with Crippen molar-refractivity contribution in [2.45, 2.75) is 26.5 Å². The number of nitrogens with one attached hydrogen (secondary N) is 1. The maximum atomic E-state index is 14.5. The molecule has 0 spiro atoms. The summed E-state index contributed by atoms with van der Waals surface area (Å²) in [4.78, 5) is 14.8. The van der Waals surface area contributed by atoms with Gasteiger partial charge in [0.1, 0.15) is 17.6 Å². The molecule has 0 radical (unpaired) electrons. The number of nitriles is 1. The van der Waals surface area contributed by atoms with E-state index in [-0.39, 0.29) is 48.9 Å². The number of carboxylic acids is 1. The average Bonchev–Trinajstić information content (AvgIpc) is 3.17. The largest absolute Gasteiger partial charge is 0.490 e. The first-order valence-corrected chi connectivity index (χ1v) is 9.13. The van der Waals surface area contributed by atoms with Crippen LogP contribution in [0, 0.1) is 17.1 Å². The molecule has 0 aliphatic heterocycles. The molecule has 0 aliphatic rings. The van der Waals surface area contributed by atoms with E-state index in [0.717, 1.165) is 0 Å². The van der Waals surface area contributed by atoms with Crippen LogP contribution in [0.3, 0.4) is 0 Å². The SMILES string of the molecule is CC(C)Oc1ccc(-c2nc(-c3ccc(CNCC(=O)O)cc3F)no2)cc1C#N.Cl. The number of aliphatic carboxylic acids is 1. The number of nitrogens with zero attached hydrogens (tertiary/aromatic N) is 3. The van der Waals surface area contributed by atoms with Gasteiger partial charge in [-0.1, -0.05) is 11.2 Å². The van der Waals surface area contributed by atoms with Gasteiger partial charge in [-0.3, -0.25) is 4.79 Å². The van der Waals surface area contributed by atoms with E-state index in [9.17, 15) is 14.4 Å². The smallest absolute Gasteiger partial charge is 0.317 e. The third-order valence-corrected chi connectivity index (χ3v) is 4.02. The molecule has 10 heteroatoms. The van der Waals surface area contributed by atoms with E-state index >= 15 is 0 Å². The van der Waals surface area contributed by atoms with Gasteiger partial charge < -0.3 is 19.7 Å². The zero-order valence-corrected chi connectivity index (χ0v) is 17.6. The van der Waals surface area contributed by atoms with Crippen LogP contribution in [0.15, 0.2) is 40.9 Å². The van der Waals surface area contributed by atoms with Crippen LogP contribution >= 0.6 is 12.4 Å². The number of aromatic nitrogens is 2. The Morgan fingerprint density at radius 3 is 2.74 bits per heavy atom. The summed E-state index contributed by atoms with van der Waals surface area (Å²) in [6.07, 6.45) is -0.0803. The van der Waals surface area contributed by atoms with Crippen LogP contribution in [0.5, 0.6) is 5.75 Å². The molecule has 3 aromatic rings. The average molecular weight is 447 g/mol. The van der Waals surface area contributed by atoms with Gasteiger partial charge in [-0.25, -0.2) is 4.39 Å². The summed E-state index contributed by atoms with van der Waals surface area (Å²) < 4.78 is 25.3. The van der Waals surface area contributed by atoms with Gasteiger partial charge in [-0.2, -0.15) is 10.2 Å². The number of benzene rings is 2. The van der Waals surface area contributed by atoms with Crippen LogP contribution in [0.4, 0.5) is 4.39 Å². The van der Waals surface area contributed by atoms with Crippen molar-refractivity contribution in [3.63, 3.8) is 0 Å². The van der Waals surface area contributed by atoms with Gasteiger partial charge in [0.25, 0.3) is 5.89 Å². The Kier molecular flexibility index (Phi) is 8.07. The van der Waals surface area contributed by atoms with Gasteiger partial charge in [0, 0.05) is 12.1 Å². The molecule has 0 aliphatic carbocycles. The highest BCUT2D eigenvalue weighted by atomic mass is 35.5. The van der Waals surface area contributed by atoms with Crippen LogP contribution in [-0.2, 0) is 11.3 Å². The van der Waals surface area contributed by atoms with Crippen LogP contribution in [-0.4, -0.2) is 33.9 Å². The Balaban J connectivity index is 0.00000341. The van der Waals surface area contributed by atoms with Crippen molar-refractivity contribution in [2.24, 2.45) is 0 Å². The molecule has 2 N–H and O–H groups in total. The summed E-state index contributed by atoms with van der Waals surface area (Å²) >= 11 is 0. The highest BCUT2D eigenvalue weighted by molar-refractivity contribution is 5.85. The Hall–Kier alpha value is -3.48. The van der Waals surface area contributed by atoms with E-state index in [1.165, 1.54) is 12.1 Å². The summed E-state index contributed by atoms with van der Waals surface area (Å²) in [5, 5.41) is 24.5. The zero-order valence-electron chi connectivity index (χ0n) is 16.8. The minimum absolute atomic E-state index is 0. The fourth-order valence-corrected chi connectivity index (χ4v) is 2.72. The fourth-order valence-electron chi connectivity index (χ4n) is 2.72. The molecule has 0 saturated heterocycles. The molecule has 2 aromatic carbocycles. The second-order valence-electron chi connectivity index (χ2n) is 6.72. The van der Waals surface area contributed by atoms with Crippen LogP contribution in [0.25, 0.3) is 22.8 Å². The summed E-state index contributed by atoms with van der Waals surface area (Å²) in [7, 11) is 0. The number of hydrogen-bond acceptors (Lipinski definition) is 7.